The molecule has 0 amide bonds. The van der Waals surface area contributed by atoms with Gasteiger partial charge in [-0.15, -0.1) is 5.10 Å². The van der Waals surface area contributed by atoms with Crippen LogP contribution in [0.4, 0.5) is 0 Å². The van der Waals surface area contributed by atoms with E-state index in [-0.39, 0.29) is 0 Å². The molecule has 0 saturated carbocycles. The number of rotatable bonds is 4. The first-order valence-electron chi connectivity index (χ1n) is 7.25. The van der Waals surface area contributed by atoms with Crippen molar-refractivity contribution in [3.05, 3.63) is 47.0 Å². The fraction of sp³-hybridized carbons (Fsp3) is 0.267. The third-order valence-electron chi connectivity index (χ3n) is 3.70. The maximum absolute atomic E-state index is 5.62. The molecule has 3 heterocycles. The molecule has 0 bridgehead atoms. The summed E-state index contributed by atoms with van der Waals surface area (Å²) in [5, 5.41) is 8.87. The van der Waals surface area contributed by atoms with Crippen LogP contribution in [0.2, 0.25) is 0 Å². The predicted octanol–water partition coefficient (Wildman–Crippen LogP) is 2.90. The molecule has 0 radical (unpaired) electrons. The lowest BCUT2D eigenvalue weighted by molar-refractivity contribution is 0.245. The van der Waals surface area contributed by atoms with Gasteiger partial charge in [-0.05, 0) is 31.4 Å². The van der Waals surface area contributed by atoms with Crippen LogP contribution in [-0.4, -0.2) is 35.9 Å². The number of aromatic nitrogens is 5. The zero-order valence-corrected chi connectivity index (χ0v) is 14.5. The fourth-order valence-corrected chi connectivity index (χ4v) is 4.09. The van der Waals surface area contributed by atoms with Gasteiger partial charge in [0.1, 0.15) is 0 Å². The smallest absolute Gasteiger partial charge is 0.216 e. The van der Waals surface area contributed by atoms with Crippen LogP contribution in [0.25, 0.3) is 15.2 Å². The number of para-hydroxylation sites is 1. The second-order valence-corrected chi connectivity index (χ2v) is 7.02. The van der Waals surface area contributed by atoms with Crippen molar-refractivity contribution in [2.45, 2.75) is 13.2 Å². The molecule has 8 heteroatoms. The number of aryl methyl sites for hydroxylation is 1. The van der Waals surface area contributed by atoms with E-state index in [4.69, 9.17) is 12.2 Å². The molecule has 0 spiro atoms. The van der Waals surface area contributed by atoms with Gasteiger partial charge in [-0.25, -0.2) is 4.68 Å². The van der Waals surface area contributed by atoms with Crippen molar-refractivity contribution in [3.8, 4) is 0 Å². The van der Waals surface area contributed by atoms with Crippen LogP contribution in [-0.2, 0) is 20.3 Å². The van der Waals surface area contributed by atoms with Crippen molar-refractivity contribution in [1.29, 1.82) is 0 Å². The number of nitrogens with zero attached hydrogens (tertiary/aromatic N) is 6. The molecule has 0 atom stereocenters. The SMILES string of the molecule is CN(Cc1cnn(C)c1)Cn1nc2sc3ccccc3n2c1=S. The monoisotopic (exact) mass is 344 g/mol. The van der Waals surface area contributed by atoms with Crippen LogP contribution in [0.1, 0.15) is 5.56 Å². The minimum absolute atomic E-state index is 0.649. The maximum Gasteiger partial charge on any atom is 0.216 e. The average Bonchev–Trinajstić information content (AvgIpc) is 3.16. The van der Waals surface area contributed by atoms with Gasteiger partial charge in [0, 0.05) is 25.4 Å². The quantitative estimate of drug-likeness (QED) is 0.534. The number of hydrogen-bond donors (Lipinski definition) is 0. The Morgan fingerprint density at radius 1 is 1.30 bits per heavy atom. The van der Waals surface area contributed by atoms with Gasteiger partial charge in [-0.3, -0.25) is 14.0 Å². The summed E-state index contributed by atoms with van der Waals surface area (Å²) in [6, 6.07) is 8.25. The Morgan fingerprint density at radius 3 is 2.91 bits per heavy atom. The molecule has 1 aromatic carbocycles. The van der Waals surface area contributed by atoms with E-state index in [2.05, 4.69) is 34.3 Å². The Balaban J connectivity index is 1.64. The number of thiazole rings is 1. The molecule has 0 fully saturated rings. The van der Waals surface area contributed by atoms with Gasteiger partial charge in [0.2, 0.25) is 9.73 Å². The first kappa shape index (κ1) is 14.6. The normalized spacial score (nSPS) is 12.0. The molecule has 0 aliphatic carbocycles. The zero-order chi connectivity index (χ0) is 16.0. The van der Waals surface area contributed by atoms with Crippen LogP contribution in [0.15, 0.2) is 36.7 Å². The Morgan fingerprint density at radius 2 is 2.13 bits per heavy atom. The molecular weight excluding hydrogens is 328 g/mol. The van der Waals surface area contributed by atoms with E-state index >= 15 is 0 Å². The Labute approximate surface area is 142 Å². The summed E-state index contributed by atoms with van der Waals surface area (Å²) < 4.78 is 7.68. The lowest BCUT2D eigenvalue weighted by Gasteiger charge is -2.14. The summed E-state index contributed by atoms with van der Waals surface area (Å²) in [5.41, 5.74) is 2.30. The van der Waals surface area contributed by atoms with Crippen molar-refractivity contribution < 1.29 is 0 Å². The van der Waals surface area contributed by atoms with Crippen molar-refractivity contribution in [2.75, 3.05) is 7.05 Å². The minimum Gasteiger partial charge on any atom is -0.283 e. The number of benzene rings is 1. The maximum atomic E-state index is 5.62. The van der Waals surface area contributed by atoms with Crippen LogP contribution >= 0.6 is 23.6 Å². The summed E-state index contributed by atoms with van der Waals surface area (Å²) in [4.78, 5) is 3.11. The lowest BCUT2D eigenvalue weighted by Crippen LogP contribution is -2.22. The molecule has 0 aliphatic heterocycles. The molecule has 0 aliphatic rings. The highest BCUT2D eigenvalue weighted by Gasteiger charge is 2.12. The van der Waals surface area contributed by atoms with E-state index in [9.17, 15) is 0 Å². The van der Waals surface area contributed by atoms with E-state index < -0.39 is 0 Å². The second-order valence-electron chi connectivity index (χ2n) is 5.65. The van der Waals surface area contributed by atoms with Crippen molar-refractivity contribution >= 4 is 38.7 Å². The summed E-state index contributed by atoms with van der Waals surface area (Å²) in [7, 11) is 3.98. The number of hydrogen-bond acceptors (Lipinski definition) is 5. The van der Waals surface area contributed by atoms with Crippen molar-refractivity contribution in [1.82, 2.24) is 28.9 Å². The molecule has 0 unspecified atom stereocenters. The predicted molar refractivity (Wildman–Crippen MR) is 94.1 cm³/mol. The van der Waals surface area contributed by atoms with E-state index in [0.717, 1.165) is 21.8 Å². The van der Waals surface area contributed by atoms with Crippen molar-refractivity contribution in [3.63, 3.8) is 0 Å². The van der Waals surface area contributed by atoms with Gasteiger partial charge in [-0.2, -0.15) is 5.10 Å². The van der Waals surface area contributed by atoms with Crippen LogP contribution in [0.3, 0.4) is 0 Å². The third kappa shape index (κ3) is 2.58. The molecule has 4 rings (SSSR count). The molecule has 0 saturated heterocycles. The first-order chi connectivity index (χ1) is 11.1. The lowest BCUT2D eigenvalue weighted by atomic mass is 10.3. The summed E-state index contributed by atoms with van der Waals surface area (Å²) in [6.45, 7) is 1.46. The van der Waals surface area contributed by atoms with Gasteiger partial charge in [0.15, 0.2) is 0 Å². The molecular formula is C15H16N6S2. The summed E-state index contributed by atoms with van der Waals surface area (Å²) in [6.07, 6.45) is 3.91. The van der Waals surface area contributed by atoms with Crippen molar-refractivity contribution in [2.24, 2.45) is 7.05 Å². The van der Waals surface area contributed by atoms with E-state index in [0.29, 0.717) is 6.67 Å². The largest absolute Gasteiger partial charge is 0.283 e. The van der Waals surface area contributed by atoms with Gasteiger partial charge in [0.05, 0.1) is 23.1 Å². The van der Waals surface area contributed by atoms with Crippen LogP contribution < -0.4 is 0 Å². The van der Waals surface area contributed by atoms with E-state index in [1.807, 2.05) is 45.3 Å². The van der Waals surface area contributed by atoms with Crippen LogP contribution in [0, 0.1) is 4.77 Å². The van der Waals surface area contributed by atoms with Crippen LogP contribution in [0.5, 0.6) is 0 Å². The van der Waals surface area contributed by atoms with E-state index in [1.165, 1.54) is 10.3 Å². The second kappa shape index (κ2) is 5.55. The molecule has 6 nitrogen and oxygen atoms in total. The Kier molecular flexibility index (Phi) is 3.51. The third-order valence-corrected chi connectivity index (χ3v) is 5.11. The van der Waals surface area contributed by atoms with Gasteiger partial charge in [0.25, 0.3) is 0 Å². The molecule has 3 aromatic heterocycles. The first-order valence-corrected chi connectivity index (χ1v) is 8.47. The Hall–Kier alpha value is -2.03. The van der Waals surface area contributed by atoms with Gasteiger partial charge < -0.3 is 0 Å². The summed E-state index contributed by atoms with van der Waals surface area (Å²) in [5.74, 6) is 0. The highest BCUT2D eigenvalue weighted by Crippen LogP contribution is 2.25. The minimum atomic E-state index is 0.649. The highest BCUT2D eigenvalue weighted by atomic mass is 32.1. The van der Waals surface area contributed by atoms with E-state index in [1.54, 1.807) is 11.3 Å². The Bertz CT molecular complexity index is 1040. The standard InChI is InChI=1S/C15H16N6S2/c1-18(8-11-7-16-19(2)9-11)10-20-15(22)21-12-5-3-4-6-13(12)23-14(21)17-20/h3-7,9H,8,10H2,1-2H3. The molecule has 4 aromatic rings. The molecule has 23 heavy (non-hydrogen) atoms. The topological polar surface area (TPSA) is 43.3 Å². The summed E-state index contributed by atoms with van der Waals surface area (Å²) >= 11 is 7.29. The number of fused-ring (bicyclic) bond motifs is 3. The zero-order valence-electron chi connectivity index (χ0n) is 12.9. The average molecular weight is 344 g/mol. The molecule has 0 N–H and O–H groups in total. The van der Waals surface area contributed by atoms with Gasteiger partial charge >= 0.3 is 0 Å². The molecule has 118 valence electrons. The fourth-order valence-electron chi connectivity index (χ4n) is 2.72. The highest BCUT2D eigenvalue weighted by molar-refractivity contribution is 7.71. The van der Waals surface area contributed by atoms with Gasteiger partial charge in [-0.1, -0.05) is 23.5 Å².